The van der Waals surface area contributed by atoms with Crippen molar-refractivity contribution in [2.24, 2.45) is 0 Å². The molecule has 0 aliphatic carbocycles. The molecule has 2 aromatic carbocycles. The molecule has 1 amide bonds. The Morgan fingerprint density at radius 1 is 1.13 bits per heavy atom. The van der Waals surface area contributed by atoms with E-state index in [1.165, 1.54) is 0 Å². The summed E-state index contributed by atoms with van der Waals surface area (Å²) in [7, 11) is 0. The third-order valence-corrected chi connectivity index (χ3v) is 3.32. The smallest absolute Gasteiger partial charge is 0.262 e. The van der Waals surface area contributed by atoms with Crippen molar-refractivity contribution in [2.45, 2.75) is 33.4 Å². The van der Waals surface area contributed by atoms with Crippen molar-refractivity contribution in [3.8, 4) is 5.75 Å². The van der Waals surface area contributed by atoms with E-state index in [0.29, 0.717) is 11.8 Å². The standard InChI is InChI=1S/C19H24N2O2/c1-14(2)20-12-16-5-4-6-18(11-16)23-13-19(22)21-17-9-7-15(3)8-10-17/h4-11,14,20H,12-13H2,1-3H3,(H,21,22). The van der Waals surface area contributed by atoms with Crippen molar-refractivity contribution in [1.29, 1.82) is 0 Å². The summed E-state index contributed by atoms with van der Waals surface area (Å²) >= 11 is 0. The van der Waals surface area contributed by atoms with Gasteiger partial charge in [0.05, 0.1) is 0 Å². The summed E-state index contributed by atoms with van der Waals surface area (Å²) in [5, 5.41) is 6.17. The number of hydrogen-bond acceptors (Lipinski definition) is 3. The van der Waals surface area contributed by atoms with Gasteiger partial charge in [-0.3, -0.25) is 4.79 Å². The normalized spacial score (nSPS) is 10.6. The highest BCUT2D eigenvalue weighted by Crippen LogP contribution is 2.14. The fourth-order valence-corrected chi connectivity index (χ4v) is 2.05. The molecule has 0 spiro atoms. The fourth-order valence-electron chi connectivity index (χ4n) is 2.05. The number of nitrogens with one attached hydrogen (secondary N) is 2. The van der Waals surface area contributed by atoms with Crippen molar-refractivity contribution >= 4 is 11.6 Å². The molecule has 0 fully saturated rings. The van der Waals surface area contributed by atoms with Crippen LogP contribution in [0.4, 0.5) is 5.69 Å². The van der Waals surface area contributed by atoms with E-state index >= 15 is 0 Å². The highest BCUT2D eigenvalue weighted by molar-refractivity contribution is 5.91. The molecule has 0 bridgehead atoms. The Morgan fingerprint density at radius 3 is 2.57 bits per heavy atom. The number of ether oxygens (including phenoxy) is 1. The molecular formula is C19H24N2O2. The number of anilines is 1. The Bertz CT molecular complexity index is 636. The molecule has 0 radical (unpaired) electrons. The van der Waals surface area contributed by atoms with Crippen LogP contribution in [0.15, 0.2) is 48.5 Å². The number of amides is 1. The zero-order valence-electron chi connectivity index (χ0n) is 13.9. The third kappa shape index (κ3) is 6.12. The SMILES string of the molecule is Cc1ccc(NC(=O)COc2cccc(CNC(C)C)c2)cc1. The number of benzene rings is 2. The highest BCUT2D eigenvalue weighted by Gasteiger charge is 2.04. The van der Waals surface area contributed by atoms with E-state index in [1.54, 1.807) is 0 Å². The topological polar surface area (TPSA) is 50.4 Å². The first kappa shape index (κ1) is 17.0. The summed E-state index contributed by atoms with van der Waals surface area (Å²) in [6.07, 6.45) is 0. The van der Waals surface area contributed by atoms with E-state index in [1.807, 2.05) is 55.5 Å². The van der Waals surface area contributed by atoms with Gasteiger partial charge < -0.3 is 15.4 Å². The molecule has 2 aromatic rings. The van der Waals surface area contributed by atoms with Gasteiger partial charge in [0, 0.05) is 18.3 Å². The molecule has 0 aliphatic rings. The van der Waals surface area contributed by atoms with Crippen LogP contribution in [0.5, 0.6) is 5.75 Å². The van der Waals surface area contributed by atoms with Crippen molar-refractivity contribution in [1.82, 2.24) is 5.32 Å². The molecule has 0 atom stereocenters. The summed E-state index contributed by atoms with van der Waals surface area (Å²) < 4.78 is 5.57. The first-order valence-corrected chi connectivity index (χ1v) is 7.84. The molecule has 0 heterocycles. The molecule has 2 rings (SSSR count). The lowest BCUT2D eigenvalue weighted by molar-refractivity contribution is -0.118. The quantitative estimate of drug-likeness (QED) is 0.822. The van der Waals surface area contributed by atoms with Gasteiger partial charge in [-0.1, -0.05) is 43.7 Å². The Labute approximate surface area is 137 Å². The van der Waals surface area contributed by atoms with Crippen LogP contribution in [0.1, 0.15) is 25.0 Å². The minimum Gasteiger partial charge on any atom is -0.484 e. The Balaban J connectivity index is 1.84. The van der Waals surface area contributed by atoms with Crippen LogP contribution < -0.4 is 15.4 Å². The first-order valence-electron chi connectivity index (χ1n) is 7.84. The van der Waals surface area contributed by atoms with Gasteiger partial charge in [0.15, 0.2) is 6.61 Å². The van der Waals surface area contributed by atoms with Crippen LogP contribution in [0.25, 0.3) is 0 Å². The average molecular weight is 312 g/mol. The monoisotopic (exact) mass is 312 g/mol. The van der Waals surface area contributed by atoms with Crippen LogP contribution >= 0.6 is 0 Å². The fraction of sp³-hybridized carbons (Fsp3) is 0.316. The Morgan fingerprint density at radius 2 is 1.87 bits per heavy atom. The highest BCUT2D eigenvalue weighted by atomic mass is 16.5. The Kier molecular flexibility index (Phi) is 6.18. The van der Waals surface area contributed by atoms with Crippen molar-refractivity contribution < 1.29 is 9.53 Å². The van der Waals surface area contributed by atoms with Crippen LogP contribution in [0.2, 0.25) is 0 Å². The molecular weight excluding hydrogens is 288 g/mol. The van der Waals surface area contributed by atoms with Gasteiger partial charge in [-0.05, 0) is 36.8 Å². The maximum absolute atomic E-state index is 11.9. The van der Waals surface area contributed by atoms with Gasteiger partial charge in [0.1, 0.15) is 5.75 Å². The maximum atomic E-state index is 11.9. The summed E-state index contributed by atoms with van der Waals surface area (Å²) in [6.45, 7) is 7.00. The van der Waals surface area contributed by atoms with Crippen LogP contribution in [-0.2, 0) is 11.3 Å². The zero-order valence-corrected chi connectivity index (χ0v) is 13.9. The zero-order chi connectivity index (χ0) is 16.7. The predicted molar refractivity (Wildman–Crippen MR) is 93.7 cm³/mol. The second-order valence-electron chi connectivity index (χ2n) is 5.89. The summed E-state index contributed by atoms with van der Waals surface area (Å²) in [4.78, 5) is 11.9. The Hall–Kier alpha value is -2.33. The van der Waals surface area contributed by atoms with Gasteiger partial charge in [0.25, 0.3) is 5.91 Å². The number of rotatable bonds is 7. The molecule has 23 heavy (non-hydrogen) atoms. The van der Waals surface area contributed by atoms with E-state index in [-0.39, 0.29) is 12.5 Å². The average Bonchev–Trinajstić information content (AvgIpc) is 2.54. The van der Waals surface area contributed by atoms with Gasteiger partial charge in [0.2, 0.25) is 0 Å². The molecule has 4 nitrogen and oxygen atoms in total. The molecule has 0 aromatic heterocycles. The molecule has 2 N–H and O–H groups in total. The molecule has 122 valence electrons. The van der Waals surface area contributed by atoms with E-state index in [0.717, 1.165) is 23.4 Å². The van der Waals surface area contributed by atoms with E-state index in [4.69, 9.17) is 4.74 Å². The number of hydrogen-bond donors (Lipinski definition) is 2. The minimum absolute atomic E-state index is 0.00502. The molecule has 4 heteroatoms. The van der Waals surface area contributed by atoms with Gasteiger partial charge >= 0.3 is 0 Å². The lowest BCUT2D eigenvalue weighted by Crippen LogP contribution is -2.22. The van der Waals surface area contributed by atoms with Crippen LogP contribution in [0, 0.1) is 6.92 Å². The second-order valence-corrected chi connectivity index (χ2v) is 5.89. The van der Waals surface area contributed by atoms with E-state index in [2.05, 4.69) is 24.5 Å². The van der Waals surface area contributed by atoms with Crippen LogP contribution in [-0.4, -0.2) is 18.6 Å². The van der Waals surface area contributed by atoms with Gasteiger partial charge in [-0.2, -0.15) is 0 Å². The number of carbonyl (C=O) groups is 1. The molecule has 0 saturated heterocycles. The summed E-state index contributed by atoms with van der Waals surface area (Å²) in [5.74, 6) is 0.534. The summed E-state index contributed by atoms with van der Waals surface area (Å²) in [5.41, 5.74) is 3.07. The minimum atomic E-state index is -0.167. The molecule has 0 saturated carbocycles. The largest absolute Gasteiger partial charge is 0.484 e. The van der Waals surface area contributed by atoms with Gasteiger partial charge in [-0.25, -0.2) is 0 Å². The van der Waals surface area contributed by atoms with Crippen LogP contribution in [0.3, 0.4) is 0 Å². The van der Waals surface area contributed by atoms with Crippen molar-refractivity contribution in [3.63, 3.8) is 0 Å². The lowest BCUT2D eigenvalue weighted by Gasteiger charge is -2.11. The molecule has 0 aliphatic heterocycles. The third-order valence-electron chi connectivity index (χ3n) is 3.32. The van der Waals surface area contributed by atoms with E-state index in [9.17, 15) is 4.79 Å². The number of carbonyl (C=O) groups excluding carboxylic acids is 1. The molecule has 0 unspecified atom stereocenters. The number of aryl methyl sites for hydroxylation is 1. The van der Waals surface area contributed by atoms with Crippen molar-refractivity contribution in [3.05, 3.63) is 59.7 Å². The second kappa shape index (κ2) is 8.34. The van der Waals surface area contributed by atoms with Crippen molar-refractivity contribution in [2.75, 3.05) is 11.9 Å². The van der Waals surface area contributed by atoms with Gasteiger partial charge in [-0.15, -0.1) is 0 Å². The predicted octanol–water partition coefficient (Wildman–Crippen LogP) is 3.51. The van der Waals surface area contributed by atoms with E-state index < -0.39 is 0 Å². The lowest BCUT2D eigenvalue weighted by atomic mass is 10.2. The summed E-state index contributed by atoms with van der Waals surface area (Å²) in [6, 6.07) is 15.9. The maximum Gasteiger partial charge on any atom is 0.262 e. The first-order chi connectivity index (χ1) is 11.0.